The van der Waals surface area contributed by atoms with E-state index in [1.807, 2.05) is 6.07 Å². The van der Waals surface area contributed by atoms with Crippen molar-refractivity contribution in [1.29, 1.82) is 5.26 Å². The highest BCUT2D eigenvalue weighted by atomic mass is 19.4. The van der Waals surface area contributed by atoms with Crippen LogP contribution in [0.25, 0.3) is 21.9 Å². The first-order valence-electron chi connectivity index (χ1n) is 11.2. The Morgan fingerprint density at radius 3 is 2.36 bits per heavy atom. The average Bonchev–Trinajstić information content (AvgIpc) is 3.45. The number of nitrogens with zero attached hydrogens (tertiary/aromatic N) is 1. The van der Waals surface area contributed by atoms with E-state index in [1.54, 1.807) is 0 Å². The minimum atomic E-state index is -4.86. The zero-order valence-electron chi connectivity index (χ0n) is 19.4. The fourth-order valence-electron chi connectivity index (χ4n) is 4.11. The summed E-state index contributed by atoms with van der Waals surface area (Å²) in [5.41, 5.74) is -2.99. The lowest BCUT2D eigenvalue weighted by Crippen LogP contribution is -2.53. The average molecular weight is 505 g/mol. The Balaban J connectivity index is 1.70. The van der Waals surface area contributed by atoms with Gasteiger partial charge in [0.15, 0.2) is 0 Å². The van der Waals surface area contributed by atoms with E-state index in [4.69, 9.17) is 4.42 Å². The molecule has 2 atom stereocenters. The van der Waals surface area contributed by atoms with Crippen molar-refractivity contribution < 1.29 is 36.7 Å². The molecule has 3 aromatic rings. The molecule has 1 heterocycles. The third kappa shape index (κ3) is 5.28. The van der Waals surface area contributed by atoms with Crippen molar-refractivity contribution in [2.45, 2.75) is 62.6 Å². The highest BCUT2D eigenvalue weighted by Gasteiger charge is 2.48. The number of carboxylic acids is 1. The van der Waals surface area contributed by atoms with Crippen LogP contribution in [0, 0.1) is 11.3 Å². The largest absolute Gasteiger partial charge is 0.478 e. The molecule has 7 nitrogen and oxygen atoms in total. The van der Waals surface area contributed by atoms with E-state index in [1.165, 1.54) is 30.3 Å². The Bertz CT molecular complexity index is 1380. The molecular weight excluding hydrogens is 482 g/mol. The number of nitriles is 1. The molecule has 0 spiro atoms. The zero-order chi connectivity index (χ0) is 26.5. The van der Waals surface area contributed by atoms with Gasteiger partial charge in [0.05, 0.1) is 17.7 Å². The lowest BCUT2D eigenvalue weighted by atomic mass is 9.97. The van der Waals surface area contributed by atoms with Crippen molar-refractivity contribution >= 4 is 33.8 Å². The van der Waals surface area contributed by atoms with Gasteiger partial charge in [0, 0.05) is 17.2 Å². The molecule has 0 radical (unpaired) electrons. The van der Waals surface area contributed by atoms with Gasteiger partial charge in [0.2, 0.25) is 5.91 Å². The van der Waals surface area contributed by atoms with Crippen molar-refractivity contribution in [3.63, 3.8) is 0 Å². The quantitative estimate of drug-likeness (QED) is 0.365. The van der Waals surface area contributed by atoms with Crippen molar-refractivity contribution in [2.75, 3.05) is 0 Å². The van der Waals surface area contributed by atoms with Crippen molar-refractivity contribution in [2.24, 2.45) is 0 Å². The molecule has 190 valence electrons. The standard InChI is InChI=1S/C25H23F4N3O4/c1-23(2,26)11-17(21(33)32-24(12-30)7-8-24)31-20(25(27,28)29)13-3-5-15-16-9-14(22(34)35)4-6-18(16)36-19(15)10-13/h3-6,9-10,17,20,31H,7-8,11H2,1-2H3,(H,32,33)(H,34,35)/t17-,20-/m0/s1. The highest BCUT2D eigenvalue weighted by Crippen LogP contribution is 2.38. The molecule has 0 saturated heterocycles. The van der Waals surface area contributed by atoms with Crippen LogP contribution < -0.4 is 10.6 Å². The second-order valence-electron chi connectivity index (χ2n) is 9.67. The van der Waals surface area contributed by atoms with Crippen LogP contribution in [0.2, 0.25) is 0 Å². The summed E-state index contributed by atoms with van der Waals surface area (Å²) in [4.78, 5) is 24.1. The topological polar surface area (TPSA) is 115 Å². The number of carbonyl (C=O) groups is 2. The number of hydrogen-bond acceptors (Lipinski definition) is 5. The molecule has 3 N–H and O–H groups in total. The molecular formula is C25H23F4N3O4. The molecule has 36 heavy (non-hydrogen) atoms. The normalized spacial score (nSPS) is 16.9. The number of furan rings is 1. The van der Waals surface area contributed by atoms with Crippen LogP contribution >= 0.6 is 0 Å². The van der Waals surface area contributed by atoms with Crippen molar-refractivity contribution in [3.8, 4) is 6.07 Å². The van der Waals surface area contributed by atoms with Crippen LogP contribution in [0.1, 0.15) is 55.1 Å². The first-order valence-corrected chi connectivity index (χ1v) is 11.2. The lowest BCUT2D eigenvalue weighted by molar-refractivity contribution is -0.161. The van der Waals surface area contributed by atoms with Crippen LogP contribution in [0.4, 0.5) is 17.6 Å². The highest BCUT2D eigenvalue weighted by molar-refractivity contribution is 6.07. The fraction of sp³-hybridized carbons (Fsp3) is 0.400. The van der Waals surface area contributed by atoms with Crippen LogP contribution in [0.5, 0.6) is 0 Å². The van der Waals surface area contributed by atoms with Gasteiger partial charge in [-0.1, -0.05) is 12.1 Å². The summed E-state index contributed by atoms with van der Waals surface area (Å²) >= 11 is 0. The molecule has 1 saturated carbocycles. The molecule has 1 amide bonds. The van der Waals surface area contributed by atoms with Crippen LogP contribution in [0.3, 0.4) is 0 Å². The van der Waals surface area contributed by atoms with Crippen LogP contribution in [-0.4, -0.2) is 40.4 Å². The molecule has 0 unspecified atom stereocenters. The molecule has 1 aromatic heterocycles. The summed E-state index contributed by atoms with van der Waals surface area (Å²) in [5.74, 6) is -2.05. The lowest BCUT2D eigenvalue weighted by Gasteiger charge is -2.30. The van der Waals surface area contributed by atoms with E-state index in [2.05, 4.69) is 10.6 Å². The number of aromatic carboxylic acids is 1. The maximum atomic E-state index is 14.5. The minimum Gasteiger partial charge on any atom is -0.478 e. The van der Waals surface area contributed by atoms with E-state index in [0.717, 1.165) is 19.9 Å². The van der Waals surface area contributed by atoms with Gasteiger partial charge in [-0.15, -0.1) is 0 Å². The van der Waals surface area contributed by atoms with E-state index in [0.29, 0.717) is 29.2 Å². The van der Waals surface area contributed by atoms with Gasteiger partial charge in [-0.3, -0.25) is 10.1 Å². The number of nitrogens with one attached hydrogen (secondary N) is 2. The number of carboxylic acid groups (broad SMARTS) is 1. The van der Waals surface area contributed by atoms with Gasteiger partial charge in [0.25, 0.3) is 0 Å². The monoisotopic (exact) mass is 505 g/mol. The van der Waals surface area contributed by atoms with Gasteiger partial charge in [0.1, 0.15) is 28.4 Å². The number of benzene rings is 2. The van der Waals surface area contributed by atoms with E-state index < -0.39 is 47.8 Å². The number of amides is 1. The molecule has 2 aromatic carbocycles. The Labute approximate surface area is 203 Å². The van der Waals surface area contributed by atoms with Gasteiger partial charge in [-0.2, -0.15) is 18.4 Å². The smallest absolute Gasteiger partial charge is 0.407 e. The van der Waals surface area contributed by atoms with Gasteiger partial charge < -0.3 is 14.8 Å². The second kappa shape index (κ2) is 8.78. The number of hydrogen-bond donors (Lipinski definition) is 3. The summed E-state index contributed by atoms with van der Waals surface area (Å²) in [7, 11) is 0. The molecule has 0 aliphatic heterocycles. The number of halogens is 4. The summed E-state index contributed by atoms with van der Waals surface area (Å²) in [6, 6.07) is 5.86. The molecule has 11 heteroatoms. The van der Waals surface area contributed by atoms with Crippen molar-refractivity contribution in [3.05, 3.63) is 47.5 Å². The van der Waals surface area contributed by atoms with Crippen molar-refractivity contribution in [1.82, 2.24) is 10.6 Å². The van der Waals surface area contributed by atoms with E-state index in [9.17, 15) is 37.5 Å². The number of alkyl halides is 4. The Hall–Kier alpha value is -3.65. The summed E-state index contributed by atoms with van der Waals surface area (Å²) in [5, 5.41) is 24.0. The minimum absolute atomic E-state index is 0.00222. The Kier molecular flexibility index (Phi) is 6.21. The van der Waals surface area contributed by atoms with Crippen LogP contribution in [-0.2, 0) is 4.79 Å². The second-order valence-corrected chi connectivity index (χ2v) is 9.67. The fourth-order valence-corrected chi connectivity index (χ4v) is 4.11. The van der Waals surface area contributed by atoms with Gasteiger partial charge in [-0.25, -0.2) is 9.18 Å². The first kappa shape index (κ1) is 25.4. The van der Waals surface area contributed by atoms with E-state index >= 15 is 0 Å². The van der Waals surface area contributed by atoms with Crippen LogP contribution in [0.15, 0.2) is 40.8 Å². The summed E-state index contributed by atoms with van der Waals surface area (Å²) < 4.78 is 62.7. The third-order valence-electron chi connectivity index (χ3n) is 6.10. The van der Waals surface area contributed by atoms with Gasteiger partial charge in [-0.05, 0) is 56.5 Å². The number of fused-ring (bicyclic) bond motifs is 3. The number of rotatable bonds is 8. The SMILES string of the molecule is CC(C)(F)C[C@H](N[C@@H](c1ccc2c(c1)oc1ccc(C(=O)O)cc12)C(F)(F)F)C(=O)NC1(C#N)CC1. The third-order valence-corrected chi connectivity index (χ3v) is 6.10. The summed E-state index contributed by atoms with van der Waals surface area (Å²) in [6.45, 7) is 2.31. The Morgan fingerprint density at radius 2 is 1.81 bits per heavy atom. The maximum absolute atomic E-state index is 14.5. The number of carbonyl (C=O) groups excluding carboxylic acids is 1. The zero-order valence-corrected chi connectivity index (χ0v) is 19.4. The predicted molar refractivity (Wildman–Crippen MR) is 122 cm³/mol. The molecule has 0 bridgehead atoms. The molecule has 1 aliphatic carbocycles. The maximum Gasteiger partial charge on any atom is 0.407 e. The van der Waals surface area contributed by atoms with Gasteiger partial charge >= 0.3 is 12.1 Å². The molecule has 1 aliphatic rings. The van der Waals surface area contributed by atoms with E-state index in [-0.39, 0.29) is 16.7 Å². The molecule has 1 fully saturated rings. The molecule has 4 rings (SSSR count). The Morgan fingerprint density at radius 1 is 1.11 bits per heavy atom. The summed E-state index contributed by atoms with van der Waals surface area (Å²) in [6.07, 6.45) is -4.68. The first-order chi connectivity index (χ1) is 16.7. The predicted octanol–water partition coefficient (Wildman–Crippen LogP) is 5.16.